The van der Waals surface area contributed by atoms with Crippen LogP contribution in [-0.4, -0.2) is 12.9 Å². The molecule has 0 amide bonds. The first-order chi connectivity index (χ1) is 12.7. The first kappa shape index (κ1) is 18.2. The molecule has 0 unspecified atom stereocenters. The number of rotatable bonds is 8. The molecule has 0 heterocycles. The lowest BCUT2D eigenvalue weighted by Crippen LogP contribution is -2.01. The fourth-order valence-corrected chi connectivity index (χ4v) is 3.36. The standard InChI is InChI=1S/C24H26O2/c1-3-4-5-6-14-24(25)23-17-20(15-19-10-7-8-13-22(19)23)18-11-9-12-21(16-18)26-2/h7-13,15-17H,3-6,14H2,1-2H3. The number of ether oxygens (including phenoxy) is 1. The third-order valence-electron chi connectivity index (χ3n) is 4.82. The van der Waals surface area contributed by atoms with Gasteiger partial charge >= 0.3 is 0 Å². The quantitative estimate of drug-likeness (QED) is 0.336. The molecule has 3 rings (SSSR count). The van der Waals surface area contributed by atoms with Crippen LogP contribution in [0.3, 0.4) is 0 Å². The molecule has 2 nitrogen and oxygen atoms in total. The number of carbonyl (C=O) groups is 1. The summed E-state index contributed by atoms with van der Waals surface area (Å²) in [5.41, 5.74) is 2.95. The van der Waals surface area contributed by atoms with Crippen molar-refractivity contribution < 1.29 is 9.53 Å². The van der Waals surface area contributed by atoms with Crippen LogP contribution in [0.4, 0.5) is 0 Å². The monoisotopic (exact) mass is 346 g/mol. The summed E-state index contributed by atoms with van der Waals surface area (Å²) < 4.78 is 5.35. The van der Waals surface area contributed by atoms with Gasteiger partial charge in [0, 0.05) is 12.0 Å². The van der Waals surface area contributed by atoms with Gasteiger partial charge in [0.15, 0.2) is 5.78 Å². The van der Waals surface area contributed by atoms with Crippen molar-refractivity contribution in [2.24, 2.45) is 0 Å². The van der Waals surface area contributed by atoms with Gasteiger partial charge in [-0.15, -0.1) is 0 Å². The summed E-state index contributed by atoms with van der Waals surface area (Å²) in [6, 6.07) is 20.3. The van der Waals surface area contributed by atoms with Crippen LogP contribution in [0.15, 0.2) is 60.7 Å². The number of hydrogen-bond donors (Lipinski definition) is 0. The Morgan fingerprint density at radius 3 is 2.54 bits per heavy atom. The molecule has 0 atom stereocenters. The highest BCUT2D eigenvalue weighted by atomic mass is 16.5. The van der Waals surface area contributed by atoms with E-state index in [2.05, 4.69) is 25.1 Å². The van der Waals surface area contributed by atoms with Crippen molar-refractivity contribution in [3.63, 3.8) is 0 Å². The normalized spacial score (nSPS) is 10.8. The largest absolute Gasteiger partial charge is 0.497 e. The van der Waals surface area contributed by atoms with Crippen molar-refractivity contribution >= 4 is 16.6 Å². The van der Waals surface area contributed by atoms with Crippen LogP contribution in [0, 0.1) is 0 Å². The van der Waals surface area contributed by atoms with E-state index in [-0.39, 0.29) is 5.78 Å². The zero-order valence-electron chi connectivity index (χ0n) is 15.6. The summed E-state index contributed by atoms with van der Waals surface area (Å²) in [7, 11) is 1.67. The molecule has 0 aliphatic rings. The molecule has 0 N–H and O–H groups in total. The molecular weight excluding hydrogens is 320 g/mol. The Labute approximate surface area is 155 Å². The topological polar surface area (TPSA) is 26.3 Å². The minimum atomic E-state index is 0.238. The van der Waals surface area contributed by atoms with Gasteiger partial charge in [-0.25, -0.2) is 0 Å². The van der Waals surface area contributed by atoms with Gasteiger partial charge in [-0.05, 0) is 52.6 Å². The Bertz CT molecular complexity index is 896. The molecule has 26 heavy (non-hydrogen) atoms. The van der Waals surface area contributed by atoms with Crippen LogP contribution in [0.25, 0.3) is 21.9 Å². The molecule has 0 aliphatic heterocycles. The molecule has 0 saturated heterocycles. The molecule has 134 valence electrons. The molecule has 0 spiro atoms. The number of methoxy groups -OCH3 is 1. The van der Waals surface area contributed by atoms with E-state index in [0.717, 1.165) is 46.1 Å². The van der Waals surface area contributed by atoms with Crippen molar-refractivity contribution in [1.29, 1.82) is 0 Å². The van der Waals surface area contributed by atoms with Gasteiger partial charge < -0.3 is 4.74 Å². The average Bonchev–Trinajstić information content (AvgIpc) is 2.70. The summed E-state index contributed by atoms with van der Waals surface area (Å²) >= 11 is 0. The number of ketones is 1. The van der Waals surface area contributed by atoms with Crippen LogP contribution >= 0.6 is 0 Å². The minimum Gasteiger partial charge on any atom is -0.497 e. The molecule has 0 radical (unpaired) electrons. The molecule has 3 aromatic carbocycles. The number of fused-ring (bicyclic) bond motifs is 1. The number of carbonyl (C=O) groups excluding carboxylic acids is 1. The molecule has 0 bridgehead atoms. The van der Waals surface area contributed by atoms with Gasteiger partial charge in [0.1, 0.15) is 5.75 Å². The van der Waals surface area contributed by atoms with Crippen LogP contribution in [-0.2, 0) is 0 Å². The predicted octanol–water partition coefficient (Wildman–Crippen LogP) is 6.67. The van der Waals surface area contributed by atoms with Crippen molar-refractivity contribution in [3.8, 4) is 16.9 Å². The van der Waals surface area contributed by atoms with Crippen LogP contribution in [0.5, 0.6) is 5.75 Å². The highest BCUT2D eigenvalue weighted by Gasteiger charge is 2.13. The Kier molecular flexibility index (Phi) is 6.06. The lowest BCUT2D eigenvalue weighted by molar-refractivity contribution is 0.0981. The fraction of sp³-hybridized carbons (Fsp3) is 0.292. The molecule has 0 aliphatic carbocycles. The summed E-state index contributed by atoms with van der Waals surface area (Å²) in [5.74, 6) is 1.06. The van der Waals surface area contributed by atoms with Crippen molar-refractivity contribution in [2.75, 3.05) is 7.11 Å². The second kappa shape index (κ2) is 8.66. The highest BCUT2D eigenvalue weighted by Crippen LogP contribution is 2.30. The minimum absolute atomic E-state index is 0.238. The first-order valence-electron chi connectivity index (χ1n) is 9.43. The number of hydrogen-bond acceptors (Lipinski definition) is 2. The Morgan fingerprint density at radius 2 is 1.73 bits per heavy atom. The van der Waals surface area contributed by atoms with Gasteiger partial charge in [0.2, 0.25) is 0 Å². The smallest absolute Gasteiger partial charge is 0.163 e. The van der Waals surface area contributed by atoms with E-state index in [1.807, 2.05) is 42.5 Å². The van der Waals surface area contributed by atoms with E-state index < -0.39 is 0 Å². The molecule has 2 heteroatoms. The van der Waals surface area contributed by atoms with Crippen molar-refractivity contribution in [2.45, 2.75) is 39.0 Å². The van der Waals surface area contributed by atoms with Crippen molar-refractivity contribution in [3.05, 3.63) is 66.2 Å². The maximum absolute atomic E-state index is 12.9. The molecule has 0 aromatic heterocycles. The molecule has 3 aromatic rings. The van der Waals surface area contributed by atoms with Gasteiger partial charge in [0.25, 0.3) is 0 Å². The predicted molar refractivity (Wildman–Crippen MR) is 109 cm³/mol. The molecule has 0 fully saturated rings. The number of unbranched alkanes of at least 4 members (excludes halogenated alkanes) is 3. The number of benzene rings is 3. The molecule has 0 saturated carbocycles. The number of Topliss-reactive ketones (excluding diaryl/α,β-unsaturated/α-hetero) is 1. The first-order valence-corrected chi connectivity index (χ1v) is 9.43. The van der Waals surface area contributed by atoms with Gasteiger partial charge in [-0.2, -0.15) is 0 Å². The van der Waals surface area contributed by atoms with Crippen molar-refractivity contribution in [1.82, 2.24) is 0 Å². The van der Waals surface area contributed by atoms with Gasteiger partial charge in [0.05, 0.1) is 7.11 Å². The Morgan fingerprint density at radius 1 is 0.885 bits per heavy atom. The summed E-state index contributed by atoms with van der Waals surface area (Å²) in [5, 5.41) is 2.14. The third kappa shape index (κ3) is 4.13. The van der Waals surface area contributed by atoms with E-state index in [9.17, 15) is 4.79 Å². The van der Waals surface area contributed by atoms with Crippen LogP contribution in [0.2, 0.25) is 0 Å². The zero-order valence-corrected chi connectivity index (χ0v) is 15.6. The van der Waals surface area contributed by atoms with Gasteiger partial charge in [-0.3, -0.25) is 4.79 Å². The van der Waals surface area contributed by atoms with Gasteiger partial charge in [-0.1, -0.05) is 62.6 Å². The zero-order chi connectivity index (χ0) is 18.4. The van der Waals surface area contributed by atoms with E-state index in [1.165, 1.54) is 12.8 Å². The second-order valence-electron chi connectivity index (χ2n) is 6.71. The Hall–Kier alpha value is -2.61. The SMILES string of the molecule is CCCCCCC(=O)c1cc(-c2cccc(OC)c2)cc2ccccc12. The van der Waals surface area contributed by atoms with E-state index >= 15 is 0 Å². The van der Waals surface area contributed by atoms with Crippen LogP contribution in [0.1, 0.15) is 49.4 Å². The second-order valence-corrected chi connectivity index (χ2v) is 6.71. The summed E-state index contributed by atoms with van der Waals surface area (Å²) in [6.07, 6.45) is 5.08. The lowest BCUT2D eigenvalue weighted by Gasteiger charge is -2.11. The fourth-order valence-electron chi connectivity index (χ4n) is 3.36. The lowest BCUT2D eigenvalue weighted by atomic mass is 9.93. The van der Waals surface area contributed by atoms with E-state index in [4.69, 9.17) is 4.74 Å². The van der Waals surface area contributed by atoms with E-state index in [1.54, 1.807) is 7.11 Å². The third-order valence-corrected chi connectivity index (χ3v) is 4.82. The Balaban J connectivity index is 1.99. The maximum atomic E-state index is 12.9. The average molecular weight is 346 g/mol. The maximum Gasteiger partial charge on any atom is 0.163 e. The van der Waals surface area contributed by atoms with Crippen LogP contribution < -0.4 is 4.74 Å². The summed E-state index contributed by atoms with van der Waals surface area (Å²) in [4.78, 5) is 12.9. The molecular formula is C24H26O2. The summed E-state index contributed by atoms with van der Waals surface area (Å²) in [6.45, 7) is 2.19. The van der Waals surface area contributed by atoms with E-state index in [0.29, 0.717) is 6.42 Å². The highest BCUT2D eigenvalue weighted by molar-refractivity contribution is 6.09.